The highest BCUT2D eigenvalue weighted by Crippen LogP contribution is 2.20. The smallest absolute Gasteiger partial charge is 0.191 e. The number of halogens is 1. The van der Waals surface area contributed by atoms with Gasteiger partial charge in [-0.3, -0.25) is 4.99 Å². The molecule has 1 aromatic carbocycles. The molecule has 0 aromatic heterocycles. The van der Waals surface area contributed by atoms with Crippen LogP contribution in [-0.2, 0) is 11.3 Å². The van der Waals surface area contributed by atoms with Crippen LogP contribution in [-0.4, -0.2) is 32.8 Å². The van der Waals surface area contributed by atoms with E-state index in [4.69, 9.17) is 4.74 Å². The third kappa shape index (κ3) is 5.64. The standard InChI is InChI=1S/C17H28FN3O/c1-12-7-8-13(9-14(12)18)10-20-16(19-5)21-11-15(22-6)17(2,3)4/h7-9,15H,10-11H2,1-6H3,(H2,19,20,21). The molecule has 0 saturated carbocycles. The first kappa shape index (κ1) is 18.4. The average molecular weight is 309 g/mol. The third-order valence-corrected chi connectivity index (χ3v) is 3.63. The molecule has 0 heterocycles. The lowest BCUT2D eigenvalue weighted by Gasteiger charge is -2.30. The lowest BCUT2D eigenvalue weighted by molar-refractivity contribution is 0.0205. The second-order valence-corrected chi connectivity index (χ2v) is 6.48. The topological polar surface area (TPSA) is 45.7 Å². The summed E-state index contributed by atoms with van der Waals surface area (Å²) in [7, 11) is 3.42. The molecular formula is C17H28FN3O. The molecule has 0 aliphatic rings. The number of aryl methyl sites for hydroxylation is 1. The summed E-state index contributed by atoms with van der Waals surface area (Å²) in [5, 5.41) is 6.42. The van der Waals surface area contributed by atoms with E-state index in [2.05, 4.69) is 36.4 Å². The van der Waals surface area contributed by atoms with E-state index in [0.717, 1.165) is 5.56 Å². The number of hydrogen-bond acceptors (Lipinski definition) is 2. The summed E-state index contributed by atoms with van der Waals surface area (Å²) < 4.78 is 19.0. The Labute approximate surface area is 133 Å². The van der Waals surface area contributed by atoms with Gasteiger partial charge in [0, 0.05) is 27.2 Å². The number of benzene rings is 1. The number of aliphatic imine (C=N–C) groups is 1. The maximum absolute atomic E-state index is 13.5. The molecule has 0 radical (unpaired) electrons. The van der Waals surface area contributed by atoms with E-state index < -0.39 is 0 Å². The van der Waals surface area contributed by atoms with Crippen molar-refractivity contribution in [1.82, 2.24) is 10.6 Å². The van der Waals surface area contributed by atoms with Gasteiger partial charge in [-0.25, -0.2) is 4.39 Å². The molecule has 0 fully saturated rings. The van der Waals surface area contributed by atoms with Crippen LogP contribution in [0.4, 0.5) is 4.39 Å². The van der Waals surface area contributed by atoms with Crippen molar-refractivity contribution >= 4 is 5.96 Å². The van der Waals surface area contributed by atoms with Crippen molar-refractivity contribution in [3.63, 3.8) is 0 Å². The summed E-state index contributed by atoms with van der Waals surface area (Å²) in [5.41, 5.74) is 1.57. The summed E-state index contributed by atoms with van der Waals surface area (Å²) >= 11 is 0. The Bertz CT molecular complexity index is 509. The van der Waals surface area contributed by atoms with Gasteiger partial charge >= 0.3 is 0 Å². The fraction of sp³-hybridized carbons (Fsp3) is 0.588. The molecule has 0 bridgehead atoms. The van der Waals surface area contributed by atoms with Gasteiger partial charge in [0.25, 0.3) is 0 Å². The molecule has 4 nitrogen and oxygen atoms in total. The summed E-state index contributed by atoms with van der Waals surface area (Å²) in [5.74, 6) is 0.488. The minimum Gasteiger partial charge on any atom is -0.379 e. The van der Waals surface area contributed by atoms with Crippen molar-refractivity contribution in [2.75, 3.05) is 20.7 Å². The van der Waals surface area contributed by atoms with Gasteiger partial charge in [0.1, 0.15) is 5.82 Å². The van der Waals surface area contributed by atoms with Crippen molar-refractivity contribution < 1.29 is 9.13 Å². The highest BCUT2D eigenvalue weighted by molar-refractivity contribution is 5.79. The van der Waals surface area contributed by atoms with E-state index in [1.807, 2.05) is 6.07 Å². The minimum absolute atomic E-state index is 0.0423. The molecule has 124 valence electrons. The molecule has 22 heavy (non-hydrogen) atoms. The average Bonchev–Trinajstić information content (AvgIpc) is 2.45. The predicted molar refractivity (Wildman–Crippen MR) is 89.6 cm³/mol. The molecule has 0 aliphatic heterocycles. The van der Waals surface area contributed by atoms with Gasteiger partial charge < -0.3 is 15.4 Å². The summed E-state index contributed by atoms with van der Waals surface area (Å²) in [6.45, 7) is 9.33. The third-order valence-electron chi connectivity index (χ3n) is 3.63. The van der Waals surface area contributed by atoms with E-state index >= 15 is 0 Å². The summed E-state index contributed by atoms with van der Waals surface area (Å²) in [6, 6.07) is 5.23. The van der Waals surface area contributed by atoms with Crippen LogP contribution in [0.25, 0.3) is 0 Å². The van der Waals surface area contributed by atoms with Gasteiger partial charge in [0.2, 0.25) is 0 Å². The quantitative estimate of drug-likeness (QED) is 0.649. The van der Waals surface area contributed by atoms with Gasteiger partial charge in [-0.1, -0.05) is 32.9 Å². The van der Waals surface area contributed by atoms with Crippen LogP contribution in [0.1, 0.15) is 31.9 Å². The normalized spacial score (nSPS) is 13.9. The molecule has 0 amide bonds. The fourth-order valence-electron chi connectivity index (χ4n) is 2.09. The Morgan fingerprint density at radius 2 is 2.00 bits per heavy atom. The van der Waals surface area contributed by atoms with Crippen LogP contribution in [0, 0.1) is 18.2 Å². The van der Waals surface area contributed by atoms with Crippen molar-refractivity contribution in [2.24, 2.45) is 10.4 Å². The largest absolute Gasteiger partial charge is 0.379 e. The molecule has 1 atom stereocenters. The number of methoxy groups -OCH3 is 1. The molecule has 1 aromatic rings. The molecular weight excluding hydrogens is 281 g/mol. The SMILES string of the molecule is CN=C(NCc1ccc(C)c(F)c1)NCC(OC)C(C)(C)C. The lowest BCUT2D eigenvalue weighted by Crippen LogP contribution is -2.45. The second kappa shape index (κ2) is 8.13. The van der Waals surface area contributed by atoms with Gasteiger partial charge in [-0.2, -0.15) is 0 Å². The fourth-order valence-corrected chi connectivity index (χ4v) is 2.09. The Kier molecular flexibility index (Phi) is 6.81. The number of ether oxygens (including phenoxy) is 1. The van der Waals surface area contributed by atoms with Crippen LogP contribution in [0.3, 0.4) is 0 Å². The zero-order chi connectivity index (χ0) is 16.8. The monoisotopic (exact) mass is 309 g/mol. The van der Waals surface area contributed by atoms with E-state index in [1.165, 1.54) is 0 Å². The van der Waals surface area contributed by atoms with E-state index in [0.29, 0.717) is 24.6 Å². The van der Waals surface area contributed by atoms with Gasteiger partial charge in [0.15, 0.2) is 5.96 Å². The van der Waals surface area contributed by atoms with Crippen molar-refractivity contribution in [3.8, 4) is 0 Å². The predicted octanol–water partition coefficient (Wildman–Crippen LogP) is 2.86. The van der Waals surface area contributed by atoms with Crippen molar-refractivity contribution in [3.05, 3.63) is 35.1 Å². The van der Waals surface area contributed by atoms with Crippen LogP contribution >= 0.6 is 0 Å². The van der Waals surface area contributed by atoms with E-state index in [-0.39, 0.29) is 17.3 Å². The molecule has 5 heteroatoms. The zero-order valence-electron chi connectivity index (χ0n) is 14.5. The minimum atomic E-state index is -0.186. The second-order valence-electron chi connectivity index (χ2n) is 6.48. The number of nitrogens with zero attached hydrogens (tertiary/aromatic N) is 1. The van der Waals surface area contributed by atoms with Crippen LogP contribution in [0.5, 0.6) is 0 Å². The molecule has 1 rings (SSSR count). The van der Waals surface area contributed by atoms with E-state index in [1.54, 1.807) is 33.2 Å². The maximum atomic E-state index is 13.5. The van der Waals surface area contributed by atoms with Crippen LogP contribution in [0.15, 0.2) is 23.2 Å². The number of rotatable bonds is 5. The zero-order valence-corrected chi connectivity index (χ0v) is 14.5. The Balaban J connectivity index is 2.54. The van der Waals surface area contributed by atoms with Crippen LogP contribution < -0.4 is 10.6 Å². The lowest BCUT2D eigenvalue weighted by atomic mass is 9.89. The van der Waals surface area contributed by atoms with Crippen molar-refractivity contribution in [1.29, 1.82) is 0 Å². The Morgan fingerprint density at radius 3 is 2.50 bits per heavy atom. The molecule has 0 saturated heterocycles. The summed E-state index contributed by atoms with van der Waals surface area (Å²) in [6.07, 6.45) is 0.0721. The van der Waals surface area contributed by atoms with Gasteiger partial charge in [-0.05, 0) is 29.5 Å². The molecule has 2 N–H and O–H groups in total. The maximum Gasteiger partial charge on any atom is 0.191 e. The Hall–Kier alpha value is -1.62. The van der Waals surface area contributed by atoms with Gasteiger partial charge in [-0.15, -0.1) is 0 Å². The molecule has 0 aliphatic carbocycles. The first-order chi connectivity index (χ1) is 10.3. The highest BCUT2D eigenvalue weighted by Gasteiger charge is 2.24. The number of guanidine groups is 1. The first-order valence-electron chi connectivity index (χ1n) is 7.50. The Morgan fingerprint density at radius 1 is 1.32 bits per heavy atom. The van der Waals surface area contributed by atoms with E-state index in [9.17, 15) is 4.39 Å². The number of nitrogens with one attached hydrogen (secondary N) is 2. The summed E-state index contributed by atoms with van der Waals surface area (Å²) in [4.78, 5) is 4.18. The molecule has 1 unspecified atom stereocenters. The number of hydrogen-bond donors (Lipinski definition) is 2. The van der Waals surface area contributed by atoms with Gasteiger partial charge in [0.05, 0.1) is 6.10 Å². The first-order valence-corrected chi connectivity index (χ1v) is 7.50. The highest BCUT2D eigenvalue weighted by atomic mass is 19.1. The van der Waals surface area contributed by atoms with Crippen molar-refractivity contribution in [2.45, 2.75) is 40.3 Å². The molecule has 0 spiro atoms. The van der Waals surface area contributed by atoms with Crippen LogP contribution in [0.2, 0.25) is 0 Å².